The van der Waals surface area contributed by atoms with Crippen LogP contribution in [0.15, 0.2) is 24.3 Å². The molecule has 0 unspecified atom stereocenters. The van der Waals surface area contributed by atoms with Crippen LogP contribution in [0.2, 0.25) is 0 Å². The molecule has 0 aromatic heterocycles. The average molecular weight is 295 g/mol. The fourth-order valence-corrected chi connectivity index (χ4v) is 1.44. The van der Waals surface area contributed by atoms with Crippen LogP contribution in [0.4, 0.5) is 23.7 Å². The summed E-state index contributed by atoms with van der Waals surface area (Å²) in [6.07, 6.45) is -4.69. The van der Waals surface area contributed by atoms with Crippen molar-refractivity contribution < 1.29 is 22.8 Å². The van der Waals surface area contributed by atoms with Gasteiger partial charge in [-0.1, -0.05) is 12.1 Å². The molecule has 0 radical (unpaired) electrons. The number of carbonyl (C=O) groups excluding carboxylic acids is 2. The first-order valence-electron chi connectivity index (χ1n) is 5.17. The summed E-state index contributed by atoms with van der Waals surface area (Å²) < 4.78 is 37.9. The fraction of sp³-hybridized carbons (Fsp3) is 0.273. The quantitative estimate of drug-likeness (QED) is 0.842. The van der Waals surface area contributed by atoms with Gasteiger partial charge in [0, 0.05) is 12.3 Å². The third kappa shape index (κ3) is 4.78. The van der Waals surface area contributed by atoms with E-state index >= 15 is 0 Å². The van der Waals surface area contributed by atoms with E-state index in [-0.39, 0.29) is 12.3 Å². The molecule has 0 aliphatic carbocycles. The van der Waals surface area contributed by atoms with Gasteiger partial charge in [-0.2, -0.15) is 13.2 Å². The topological polar surface area (TPSA) is 58.2 Å². The lowest BCUT2D eigenvalue weighted by atomic mass is 10.1. The normalized spacial score (nSPS) is 10.9. The molecule has 0 atom stereocenters. The van der Waals surface area contributed by atoms with Gasteiger partial charge in [-0.05, 0) is 12.1 Å². The Bertz CT molecular complexity index is 477. The van der Waals surface area contributed by atoms with Crippen molar-refractivity contribution >= 4 is 29.2 Å². The van der Waals surface area contributed by atoms with Crippen LogP contribution in [0.3, 0.4) is 0 Å². The van der Waals surface area contributed by atoms with E-state index in [1.165, 1.54) is 12.1 Å². The number of carbonyl (C=O) groups is 2. The number of amides is 3. The highest BCUT2D eigenvalue weighted by molar-refractivity contribution is 6.19. The molecular weight excluding hydrogens is 285 g/mol. The number of benzene rings is 1. The standard InChI is InChI=1S/C11H10ClF3N2O2/c12-6-5-9(18)17-10(19)16-8-4-2-1-3-7(8)11(13,14)15/h1-4H,5-6H2,(H2,16,17,18,19). The van der Waals surface area contributed by atoms with E-state index in [0.717, 1.165) is 12.1 Å². The molecule has 1 rings (SSSR count). The SMILES string of the molecule is O=C(CCCl)NC(=O)Nc1ccccc1C(F)(F)F. The molecule has 4 nitrogen and oxygen atoms in total. The monoisotopic (exact) mass is 294 g/mol. The Labute approximate surface area is 111 Å². The van der Waals surface area contributed by atoms with Crippen molar-refractivity contribution in [2.24, 2.45) is 0 Å². The molecule has 0 heterocycles. The third-order valence-electron chi connectivity index (χ3n) is 2.06. The van der Waals surface area contributed by atoms with Gasteiger partial charge in [-0.3, -0.25) is 10.1 Å². The summed E-state index contributed by atoms with van der Waals surface area (Å²) in [5, 5.41) is 3.84. The number of para-hydroxylation sites is 1. The molecule has 0 spiro atoms. The second-order valence-corrected chi connectivity index (χ2v) is 3.86. The molecule has 2 N–H and O–H groups in total. The minimum atomic E-state index is -4.59. The lowest BCUT2D eigenvalue weighted by Gasteiger charge is -2.13. The molecule has 0 saturated heterocycles. The first kappa shape index (κ1) is 15.3. The van der Waals surface area contributed by atoms with E-state index in [0.29, 0.717) is 0 Å². The zero-order valence-corrected chi connectivity index (χ0v) is 10.3. The predicted octanol–water partition coefficient (Wildman–Crippen LogP) is 2.98. The Morgan fingerprint density at radius 1 is 1.21 bits per heavy atom. The van der Waals surface area contributed by atoms with Gasteiger partial charge in [0.15, 0.2) is 0 Å². The first-order valence-corrected chi connectivity index (χ1v) is 5.71. The Morgan fingerprint density at radius 3 is 2.42 bits per heavy atom. The van der Waals surface area contributed by atoms with Crippen LogP contribution >= 0.6 is 11.6 Å². The highest BCUT2D eigenvalue weighted by Crippen LogP contribution is 2.34. The van der Waals surface area contributed by atoms with Gasteiger partial charge in [0.2, 0.25) is 5.91 Å². The molecule has 8 heteroatoms. The predicted molar refractivity (Wildman–Crippen MR) is 63.9 cm³/mol. The maximum absolute atomic E-state index is 12.6. The summed E-state index contributed by atoms with van der Waals surface area (Å²) in [4.78, 5) is 22.4. The molecule has 0 saturated carbocycles. The zero-order valence-electron chi connectivity index (χ0n) is 9.55. The summed E-state index contributed by atoms with van der Waals surface area (Å²) in [5.41, 5.74) is -1.42. The van der Waals surface area contributed by atoms with Crippen molar-refractivity contribution in [1.29, 1.82) is 0 Å². The summed E-state index contributed by atoms with van der Waals surface area (Å²) in [5.74, 6) is -0.657. The van der Waals surface area contributed by atoms with Gasteiger partial charge in [-0.25, -0.2) is 4.79 Å². The van der Waals surface area contributed by atoms with Crippen LogP contribution in [0.25, 0.3) is 0 Å². The summed E-state index contributed by atoms with van der Waals surface area (Å²) >= 11 is 5.28. The Balaban J connectivity index is 2.77. The maximum Gasteiger partial charge on any atom is 0.418 e. The largest absolute Gasteiger partial charge is 0.418 e. The highest BCUT2D eigenvalue weighted by atomic mass is 35.5. The van der Waals surface area contributed by atoms with Crippen LogP contribution in [0.1, 0.15) is 12.0 Å². The molecule has 0 aliphatic heterocycles. The molecule has 0 bridgehead atoms. The number of hydrogen-bond donors (Lipinski definition) is 2. The van der Waals surface area contributed by atoms with Crippen LogP contribution in [0.5, 0.6) is 0 Å². The van der Waals surface area contributed by atoms with Crippen molar-refractivity contribution in [2.45, 2.75) is 12.6 Å². The van der Waals surface area contributed by atoms with E-state index in [1.807, 2.05) is 10.6 Å². The number of imide groups is 1. The molecule has 104 valence electrons. The van der Waals surface area contributed by atoms with E-state index in [1.54, 1.807) is 0 Å². The molecule has 3 amide bonds. The number of hydrogen-bond acceptors (Lipinski definition) is 2. The Hall–Kier alpha value is -1.76. The van der Waals surface area contributed by atoms with Crippen molar-refractivity contribution in [3.63, 3.8) is 0 Å². The molecule has 1 aromatic rings. The van der Waals surface area contributed by atoms with Gasteiger partial charge in [0.05, 0.1) is 11.3 Å². The summed E-state index contributed by atoms with van der Waals surface area (Å²) in [7, 11) is 0. The number of alkyl halides is 4. The van der Waals surface area contributed by atoms with Gasteiger partial charge in [0.25, 0.3) is 0 Å². The number of rotatable bonds is 3. The van der Waals surface area contributed by atoms with Gasteiger partial charge in [0.1, 0.15) is 0 Å². The lowest BCUT2D eigenvalue weighted by Crippen LogP contribution is -2.34. The average Bonchev–Trinajstić information content (AvgIpc) is 2.28. The van der Waals surface area contributed by atoms with Crippen LogP contribution in [-0.4, -0.2) is 17.8 Å². The first-order chi connectivity index (χ1) is 8.84. The third-order valence-corrected chi connectivity index (χ3v) is 2.24. The van der Waals surface area contributed by atoms with Gasteiger partial charge < -0.3 is 5.32 Å². The van der Waals surface area contributed by atoms with Crippen molar-refractivity contribution in [1.82, 2.24) is 5.32 Å². The smallest absolute Gasteiger partial charge is 0.307 e. The van der Waals surface area contributed by atoms with E-state index in [9.17, 15) is 22.8 Å². The van der Waals surface area contributed by atoms with Gasteiger partial charge in [-0.15, -0.1) is 11.6 Å². The highest BCUT2D eigenvalue weighted by Gasteiger charge is 2.33. The molecular formula is C11H10ClF3N2O2. The van der Waals surface area contributed by atoms with Gasteiger partial charge >= 0.3 is 12.2 Å². The number of halogens is 4. The zero-order chi connectivity index (χ0) is 14.5. The number of anilines is 1. The minimum Gasteiger partial charge on any atom is -0.307 e. The van der Waals surface area contributed by atoms with Crippen molar-refractivity contribution in [2.75, 3.05) is 11.2 Å². The summed E-state index contributed by atoms with van der Waals surface area (Å²) in [6.45, 7) is 0. The second kappa shape index (κ2) is 6.42. The molecule has 19 heavy (non-hydrogen) atoms. The Morgan fingerprint density at radius 2 is 1.84 bits per heavy atom. The number of nitrogens with one attached hydrogen (secondary N) is 2. The van der Waals surface area contributed by atoms with Crippen LogP contribution in [0, 0.1) is 0 Å². The van der Waals surface area contributed by atoms with E-state index < -0.39 is 29.4 Å². The van der Waals surface area contributed by atoms with Crippen LogP contribution < -0.4 is 10.6 Å². The van der Waals surface area contributed by atoms with Crippen molar-refractivity contribution in [3.05, 3.63) is 29.8 Å². The lowest BCUT2D eigenvalue weighted by molar-refractivity contribution is -0.136. The second-order valence-electron chi connectivity index (χ2n) is 3.48. The van der Waals surface area contributed by atoms with Crippen molar-refractivity contribution in [3.8, 4) is 0 Å². The van der Waals surface area contributed by atoms with E-state index in [4.69, 9.17) is 11.6 Å². The summed E-state index contributed by atoms with van der Waals surface area (Å²) in [6, 6.07) is 3.42. The number of urea groups is 1. The molecule has 1 aromatic carbocycles. The minimum absolute atomic E-state index is 0.0122. The molecule has 0 fully saturated rings. The maximum atomic E-state index is 12.6. The Kier molecular flexibility index (Phi) is 5.17. The van der Waals surface area contributed by atoms with Crippen LogP contribution in [-0.2, 0) is 11.0 Å². The van der Waals surface area contributed by atoms with E-state index in [2.05, 4.69) is 0 Å². The fourth-order valence-electron chi connectivity index (χ4n) is 1.27. The molecule has 0 aliphatic rings.